The van der Waals surface area contributed by atoms with Crippen molar-refractivity contribution in [2.75, 3.05) is 7.11 Å². The summed E-state index contributed by atoms with van der Waals surface area (Å²) < 4.78 is 14.3. The highest BCUT2D eigenvalue weighted by Gasteiger charge is 2.41. The molecule has 12 heteroatoms. The van der Waals surface area contributed by atoms with E-state index in [0.717, 1.165) is 68.3 Å². The van der Waals surface area contributed by atoms with Gasteiger partial charge in [-0.3, -0.25) is 0 Å². The molecule has 0 aliphatic rings. The molecule has 0 aliphatic heterocycles. The van der Waals surface area contributed by atoms with Crippen LogP contribution in [0.5, 0.6) is 0 Å². The predicted molar refractivity (Wildman–Crippen MR) is 225 cm³/mol. The van der Waals surface area contributed by atoms with Crippen molar-refractivity contribution < 1.29 is 13.9 Å². The predicted octanol–water partition coefficient (Wildman–Crippen LogP) is 10.5. The highest BCUT2D eigenvalue weighted by atomic mass is 79.9. The molecule has 286 valence electrons. The third-order valence-corrected chi connectivity index (χ3v) is 11.3. The van der Waals surface area contributed by atoms with Gasteiger partial charge in [0, 0.05) is 29.5 Å². The number of methoxy groups -OCH3 is 1. The third kappa shape index (κ3) is 7.24. The van der Waals surface area contributed by atoms with Gasteiger partial charge in [0.25, 0.3) is 0 Å². The van der Waals surface area contributed by atoms with E-state index in [-0.39, 0.29) is 6.54 Å². The zero-order valence-electron chi connectivity index (χ0n) is 31.4. The SMILES string of the molecule is CCCCc1nc(Cl)c(CNC(=O)OC)n1Cc1ccc2oc(-c3ccccc3-c3nnn(C(c4ccccc4)(c4ccccc4)c4ccccc4)n3)c(Br)c2c1. The number of benzene rings is 5. The number of unbranched alkanes of at least 4 members (excludes halogenated alkanes) is 1. The first kappa shape index (κ1) is 37.9. The first-order valence-corrected chi connectivity index (χ1v) is 19.9. The van der Waals surface area contributed by atoms with Crippen molar-refractivity contribution in [3.8, 4) is 22.7 Å². The summed E-state index contributed by atoms with van der Waals surface area (Å²) in [5.41, 5.74) is 6.10. The van der Waals surface area contributed by atoms with Crippen molar-refractivity contribution in [1.82, 2.24) is 35.1 Å². The van der Waals surface area contributed by atoms with Crippen LogP contribution < -0.4 is 5.32 Å². The number of halogens is 2. The topological polar surface area (TPSA) is 113 Å². The van der Waals surface area contributed by atoms with Crippen LogP contribution in [0.15, 0.2) is 142 Å². The second-order valence-electron chi connectivity index (χ2n) is 13.6. The number of hydrogen-bond acceptors (Lipinski definition) is 7. The average Bonchev–Trinajstić information content (AvgIpc) is 3.96. The number of alkyl carbamates (subject to hydrolysis) is 1. The highest BCUT2D eigenvalue weighted by molar-refractivity contribution is 9.10. The van der Waals surface area contributed by atoms with Gasteiger partial charge in [-0.25, -0.2) is 9.78 Å². The number of nitrogens with one attached hydrogen (secondary N) is 1. The van der Waals surface area contributed by atoms with Crippen LogP contribution in [-0.2, 0) is 29.8 Å². The maximum atomic E-state index is 12.0. The van der Waals surface area contributed by atoms with Crippen molar-refractivity contribution in [1.29, 1.82) is 0 Å². The van der Waals surface area contributed by atoms with Gasteiger partial charge in [-0.2, -0.15) is 0 Å². The molecule has 0 saturated heterocycles. The molecule has 0 unspecified atom stereocenters. The Morgan fingerprint density at radius 3 is 2.09 bits per heavy atom. The lowest BCUT2D eigenvalue weighted by molar-refractivity contribution is 0.170. The molecule has 1 N–H and O–H groups in total. The molecule has 5 aromatic carbocycles. The number of amides is 1. The van der Waals surface area contributed by atoms with E-state index in [0.29, 0.717) is 34.6 Å². The van der Waals surface area contributed by atoms with Gasteiger partial charge in [-0.05, 0) is 62.0 Å². The highest BCUT2D eigenvalue weighted by Crippen LogP contribution is 2.43. The Kier molecular flexibility index (Phi) is 11.0. The van der Waals surface area contributed by atoms with E-state index in [9.17, 15) is 4.79 Å². The number of furan rings is 1. The largest absolute Gasteiger partial charge is 0.455 e. The number of ether oxygens (including phenoxy) is 1. The zero-order chi connectivity index (χ0) is 39.4. The molecule has 0 saturated carbocycles. The molecule has 8 aromatic rings. The Hall–Kier alpha value is -6.04. The molecule has 57 heavy (non-hydrogen) atoms. The molecule has 10 nitrogen and oxygen atoms in total. The van der Waals surface area contributed by atoms with E-state index in [1.807, 2.05) is 91.0 Å². The smallest absolute Gasteiger partial charge is 0.407 e. The normalized spacial score (nSPS) is 11.6. The number of rotatable bonds is 13. The van der Waals surface area contributed by atoms with Crippen LogP contribution in [0.25, 0.3) is 33.7 Å². The Morgan fingerprint density at radius 2 is 1.47 bits per heavy atom. The summed E-state index contributed by atoms with van der Waals surface area (Å²) in [4.78, 5) is 18.3. The lowest BCUT2D eigenvalue weighted by Crippen LogP contribution is -2.39. The Morgan fingerprint density at radius 1 is 0.860 bits per heavy atom. The van der Waals surface area contributed by atoms with Crippen LogP contribution in [-0.4, -0.2) is 43.0 Å². The zero-order valence-corrected chi connectivity index (χ0v) is 33.7. The number of carbonyl (C=O) groups excluding carboxylic acids is 1. The van der Waals surface area contributed by atoms with E-state index in [4.69, 9.17) is 36.2 Å². The lowest BCUT2D eigenvalue weighted by atomic mass is 9.77. The summed E-state index contributed by atoms with van der Waals surface area (Å²) in [7, 11) is 1.33. The molecule has 8 rings (SSSR count). The van der Waals surface area contributed by atoms with Crippen molar-refractivity contribution in [2.45, 2.75) is 44.8 Å². The summed E-state index contributed by atoms with van der Waals surface area (Å²) in [6, 6.07) is 44.9. The fraction of sp³-hybridized carbons (Fsp3) is 0.178. The van der Waals surface area contributed by atoms with Crippen LogP contribution in [0.4, 0.5) is 4.79 Å². The van der Waals surface area contributed by atoms with Crippen LogP contribution in [0, 0.1) is 0 Å². The quantitative estimate of drug-likeness (QED) is 0.115. The van der Waals surface area contributed by atoms with Crippen molar-refractivity contribution >= 4 is 44.6 Å². The first-order valence-electron chi connectivity index (χ1n) is 18.8. The fourth-order valence-electron chi connectivity index (χ4n) is 7.41. The van der Waals surface area contributed by atoms with Crippen LogP contribution >= 0.6 is 27.5 Å². The number of aromatic nitrogens is 6. The average molecular weight is 841 g/mol. The molecule has 0 radical (unpaired) electrons. The summed E-state index contributed by atoms with van der Waals surface area (Å²) in [6.07, 6.45) is 2.19. The molecule has 0 aliphatic carbocycles. The summed E-state index contributed by atoms with van der Waals surface area (Å²) in [5.74, 6) is 1.96. The lowest BCUT2D eigenvalue weighted by Gasteiger charge is -2.34. The number of aryl methyl sites for hydroxylation is 1. The Bertz CT molecular complexity index is 2550. The number of hydrogen-bond donors (Lipinski definition) is 1. The molecule has 1 amide bonds. The van der Waals surface area contributed by atoms with Gasteiger partial charge in [0.2, 0.25) is 5.82 Å². The second-order valence-corrected chi connectivity index (χ2v) is 14.8. The van der Waals surface area contributed by atoms with Gasteiger partial charge in [-0.15, -0.1) is 15.0 Å². The van der Waals surface area contributed by atoms with Gasteiger partial charge in [0.05, 0.1) is 23.8 Å². The molecular formula is C45H39BrClN7O3. The minimum Gasteiger partial charge on any atom is -0.455 e. The van der Waals surface area contributed by atoms with Gasteiger partial charge < -0.3 is 19.0 Å². The van der Waals surface area contributed by atoms with Gasteiger partial charge >= 0.3 is 6.09 Å². The van der Waals surface area contributed by atoms with Crippen molar-refractivity contribution in [2.24, 2.45) is 0 Å². The Labute approximate surface area is 343 Å². The van der Waals surface area contributed by atoms with E-state index in [1.165, 1.54) is 7.11 Å². The minimum atomic E-state index is -0.911. The van der Waals surface area contributed by atoms with Crippen molar-refractivity contribution in [3.63, 3.8) is 0 Å². The number of tetrazole rings is 1. The summed E-state index contributed by atoms with van der Waals surface area (Å²) >= 11 is 10.5. The monoisotopic (exact) mass is 839 g/mol. The van der Waals surface area contributed by atoms with E-state index in [1.54, 1.807) is 4.80 Å². The standard InChI is InChI=1S/C45H39BrClN7O3/c1-3-4-24-39-49-42(47)37(28-48-44(55)56-2)53(39)29-30-25-26-38-36(27-30)40(46)41(57-38)34-22-14-15-23-35(34)43-50-52-54(51-43)45(31-16-8-5-9-17-31,32-18-10-6-11-19-32)33-20-12-7-13-21-33/h5-23,25-27H,3-4,24,28-29H2,1-2H3,(H,48,55). The first-order chi connectivity index (χ1) is 27.9. The number of imidazole rings is 1. The second kappa shape index (κ2) is 16.6. The number of nitrogens with zero attached hydrogens (tertiary/aromatic N) is 6. The van der Waals surface area contributed by atoms with E-state index >= 15 is 0 Å². The van der Waals surface area contributed by atoms with Crippen LogP contribution in [0.2, 0.25) is 5.15 Å². The maximum absolute atomic E-state index is 12.0. The van der Waals surface area contributed by atoms with Crippen LogP contribution in [0.3, 0.4) is 0 Å². The van der Waals surface area contributed by atoms with Crippen molar-refractivity contribution in [3.05, 3.63) is 177 Å². The molecule has 3 heterocycles. The number of carbonyl (C=O) groups is 1. The van der Waals surface area contributed by atoms with Gasteiger partial charge in [-0.1, -0.05) is 146 Å². The molecule has 0 fully saturated rings. The van der Waals surface area contributed by atoms with Crippen LogP contribution in [0.1, 0.15) is 53.5 Å². The van der Waals surface area contributed by atoms with E-state index < -0.39 is 11.6 Å². The van der Waals surface area contributed by atoms with E-state index in [2.05, 4.69) is 80.2 Å². The van der Waals surface area contributed by atoms with Gasteiger partial charge in [0.1, 0.15) is 17.2 Å². The Balaban J connectivity index is 1.19. The summed E-state index contributed by atoms with van der Waals surface area (Å²) in [5, 5.41) is 18.7. The third-order valence-electron chi connectivity index (χ3n) is 10.2. The minimum absolute atomic E-state index is 0.186. The molecule has 3 aromatic heterocycles. The molecular weight excluding hydrogens is 802 g/mol. The molecule has 0 spiro atoms. The summed E-state index contributed by atoms with van der Waals surface area (Å²) in [6.45, 7) is 2.82. The fourth-order valence-corrected chi connectivity index (χ4v) is 8.28. The molecule has 0 bridgehead atoms. The molecule has 0 atom stereocenters. The number of fused-ring (bicyclic) bond motifs is 1. The maximum Gasteiger partial charge on any atom is 0.407 e. The van der Waals surface area contributed by atoms with Gasteiger partial charge in [0.15, 0.2) is 10.7 Å².